The van der Waals surface area contributed by atoms with E-state index in [-0.39, 0.29) is 16.6 Å². The maximum absolute atomic E-state index is 13.1. The van der Waals surface area contributed by atoms with Crippen molar-refractivity contribution in [3.63, 3.8) is 0 Å². The molecule has 2 nitrogen and oxygen atoms in total. The van der Waals surface area contributed by atoms with E-state index in [0.29, 0.717) is 0 Å². The van der Waals surface area contributed by atoms with Gasteiger partial charge >= 0.3 is 5.97 Å². The third-order valence-electron chi connectivity index (χ3n) is 1.68. The standard InChI is InChI=1S/C10H10F2O2S/c1-6(4-10(13)14)15-9-3-2-7(11)5-8(9)12/h2-3,5-6H,4H2,1H3,(H,13,14). The van der Waals surface area contributed by atoms with E-state index in [2.05, 4.69) is 0 Å². The van der Waals surface area contributed by atoms with Gasteiger partial charge in [0.05, 0.1) is 6.42 Å². The van der Waals surface area contributed by atoms with Crippen LogP contribution in [0.4, 0.5) is 8.78 Å². The Bertz CT molecular complexity index is 368. The largest absolute Gasteiger partial charge is 0.481 e. The molecular weight excluding hydrogens is 222 g/mol. The van der Waals surface area contributed by atoms with E-state index < -0.39 is 17.6 Å². The minimum Gasteiger partial charge on any atom is -0.481 e. The van der Waals surface area contributed by atoms with Crippen molar-refractivity contribution in [1.29, 1.82) is 0 Å². The fraction of sp³-hybridized carbons (Fsp3) is 0.300. The van der Waals surface area contributed by atoms with Crippen molar-refractivity contribution in [1.82, 2.24) is 0 Å². The topological polar surface area (TPSA) is 37.3 Å². The number of carboxylic acids is 1. The summed E-state index contributed by atoms with van der Waals surface area (Å²) in [4.78, 5) is 10.6. The van der Waals surface area contributed by atoms with Crippen LogP contribution in [0.5, 0.6) is 0 Å². The zero-order valence-electron chi connectivity index (χ0n) is 8.04. The highest BCUT2D eigenvalue weighted by Crippen LogP contribution is 2.27. The van der Waals surface area contributed by atoms with E-state index in [4.69, 9.17) is 5.11 Å². The Labute approximate surface area is 90.3 Å². The molecule has 15 heavy (non-hydrogen) atoms. The van der Waals surface area contributed by atoms with Gasteiger partial charge in [0.15, 0.2) is 0 Å². The lowest BCUT2D eigenvalue weighted by Crippen LogP contribution is -2.05. The van der Waals surface area contributed by atoms with Crippen LogP contribution in [-0.4, -0.2) is 16.3 Å². The lowest BCUT2D eigenvalue weighted by Gasteiger charge is -2.08. The molecule has 1 aromatic rings. The fourth-order valence-electron chi connectivity index (χ4n) is 1.08. The number of halogens is 2. The number of aliphatic carboxylic acids is 1. The molecule has 0 amide bonds. The van der Waals surface area contributed by atoms with Crippen LogP contribution in [0.15, 0.2) is 23.1 Å². The lowest BCUT2D eigenvalue weighted by atomic mass is 10.3. The quantitative estimate of drug-likeness (QED) is 0.811. The van der Waals surface area contributed by atoms with E-state index in [1.807, 2.05) is 0 Å². The molecule has 1 unspecified atom stereocenters. The molecule has 0 spiro atoms. The van der Waals surface area contributed by atoms with Crippen molar-refractivity contribution in [2.24, 2.45) is 0 Å². The SMILES string of the molecule is CC(CC(=O)O)Sc1ccc(F)cc1F. The predicted molar refractivity (Wildman–Crippen MR) is 53.9 cm³/mol. The zero-order valence-corrected chi connectivity index (χ0v) is 8.85. The van der Waals surface area contributed by atoms with Crippen LogP contribution in [0.3, 0.4) is 0 Å². The van der Waals surface area contributed by atoms with Gasteiger partial charge in [-0.3, -0.25) is 4.79 Å². The first-order valence-corrected chi connectivity index (χ1v) is 5.20. The molecule has 1 rings (SSSR count). The first-order valence-electron chi connectivity index (χ1n) is 4.32. The molecule has 0 saturated carbocycles. The van der Waals surface area contributed by atoms with E-state index in [0.717, 1.165) is 23.9 Å². The molecule has 0 bridgehead atoms. The summed E-state index contributed by atoms with van der Waals surface area (Å²) in [7, 11) is 0. The summed E-state index contributed by atoms with van der Waals surface area (Å²) in [6.45, 7) is 1.68. The third kappa shape index (κ3) is 3.87. The average Bonchev–Trinajstić information content (AvgIpc) is 2.08. The van der Waals surface area contributed by atoms with E-state index in [9.17, 15) is 13.6 Å². The molecule has 0 aliphatic heterocycles. The van der Waals surface area contributed by atoms with Crippen molar-refractivity contribution in [2.75, 3.05) is 0 Å². The Kier molecular flexibility index (Phi) is 4.08. The molecule has 1 atom stereocenters. The average molecular weight is 232 g/mol. The van der Waals surface area contributed by atoms with Gasteiger partial charge in [-0.2, -0.15) is 0 Å². The van der Waals surface area contributed by atoms with Gasteiger partial charge in [0, 0.05) is 16.2 Å². The highest BCUT2D eigenvalue weighted by molar-refractivity contribution is 8.00. The normalized spacial score (nSPS) is 12.5. The molecule has 5 heteroatoms. The number of hydrogen-bond acceptors (Lipinski definition) is 2. The van der Waals surface area contributed by atoms with Crippen LogP contribution < -0.4 is 0 Å². The Hall–Kier alpha value is -1.10. The molecule has 0 aliphatic carbocycles. The van der Waals surface area contributed by atoms with Gasteiger partial charge in [0.1, 0.15) is 11.6 Å². The van der Waals surface area contributed by atoms with Crippen molar-refractivity contribution in [2.45, 2.75) is 23.5 Å². The van der Waals surface area contributed by atoms with E-state index in [1.165, 1.54) is 6.07 Å². The smallest absolute Gasteiger partial charge is 0.304 e. The fourth-order valence-corrected chi connectivity index (χ4v) is 2.05. The number of thioether (sulfide) groups is 1. The van der Waals surface area contributed by atoms with E-state index >= 15 is 0 Å². The first kappa shape index (κ1) is 12.0. The Balaban J connectivity index is 2.68. The Morgan fingerprint density at radius 2 is 2.20 bits per heavy atom. The van der Waals surface area contributed by atoms with Crippen LogP contribution in [0, 0.1) is 11.6 Å². The van der Waals surface area contributed by atoms with Gasteiger partial charge in [-0.05, 0) is 12.1 Å². The Morgan fingerprint density at radius 1 is 1.53 bits per heavy atom. The van der Waals surface area contributed by atoms with E-state index in [1.54, 1.807) is 6.92 Å². The maximum Gasteiger partial charge on any atom is 0.304 e. The zero-order chi connectivity index (χ0) is 11.4. The molecule has 1 aromatic carbocycles. The second-order valence-electron chi connectivity index (χ2n) is 3.10. The summed E-state index contributed by atoms with van der Waals surface area (Å²) in [5.41, 5.74) is 0. The molecule has 0 aliphatic rings. The highest BCUT2D eigenvalue weighted by Gasteiger charge is 2.12. The van der Waals surface area contributed by atoms with Crippen LogP contribution >= 0.6 is 11.8 Å². The molecule has 1 N–H and O–H groups in total. The summed E-state index contributed by atoms with van der Waals surface area (Å²) >= 11 is 1.08. The number of rotatable bonds is 4. The second-order valence-corrected chi connectivity index (χ2v) is 4.58. The third-order valence-corrected chi connectivity index (χ3v) is 2.84. The minimum atomic E-state index is -0.933. The molecule has 0 aromatic heterocycles. The summed E-state index contributed by atoms with van der Waals surface area (Å²) in [5, 5.41) is 8.26. The Morgan fingerprint density at radius 3 is 2.73 bits per heavy atom. The second kappa shape index (κ2) is 5.11. The summed E-state index contributed by atoms with van der Waals surface area (Å²) in [6.07, 6.45) is -0.0541. The summed E-state index contributed by atoms with van der Waals surface area (Å²) in [6, 6.07) is 3.25. The lowest BCUT2D eigenvalue weighted by molar-refractivity contribution is -0.136. The highest BCUT2D eigenvalue weighted by atomic mass is 32.2. The van der Waals surface area contributed by atoms with Crippen molar-refractivity contribution < 1.29 is 18.7 Å². The van der Waals surface area contributed by atoms with Gasteiger partial charge in [-0.25, -0.2) is 8.78 Å². The van der Waals surface area contributed by atoms with Crippen LogP contribution in [0.25, 0.3) is 0 Å². The van der Waals surface area contributed by atoms with Crippen molar-refractivity contribution >= 4 is 17.7 Å². The molecule has 0 radical (unpaired) electrons. The molecule has 0 fully saturated rings. The number of benzene rings is 1. The number of carbonyl (C=O) groups is 1. The van der Waals surface area contributed by atoms with Crippen LogP contribution in [-0.2, 0) is 4.79 Å². The van der Waals surface area contributed by atoms with Gasteiger partial charge in [0.25, 0.3) is 0 Å². The van der Waals surface area contributed by atoms with Gasteiger partial charge in [0.2, 0.25) is 0 Å². The molecule has 0 heterocycles. The molecule has 82 valence electrons. The molecular formula is C10H10F2O2S. The summed E-state index contributed by atoms with van der Waals surface area (Å²) in [5.74, 6) is -2.22. The number of carboxylic acid groups (broad SMARTS) is 1. The van der Waals surface area contributed by atoms with Crippen molar-refractivity contribution in [3.8, 4) is 0 Å². The van der Waals surface area contributed by atoms with Gasteiger partial charge in [-0.15, -0.1) is 11.8 Å². The predicted octanol–water partition coefficient (Wildman–Crippen LogP) is 2.92. The van der Waals surface area contributed by atoms with Gasteiger partial charge < -0.3 is 5.11 Å². The number of hydrogen-bond donors (Lipinski definition) is 1. The maximum atomic E-state index is 13.1. The van der Waals surface area contributed by atoms with Gasteiger partial charge in [-0.1, -0.05) is 6.92 Å². The van der Waals surface area contributed by atoms with Crippen LogP contribution in [0.2, 0.25) is 0 Å². The first-order chi connectivity index (χ1) is 6.99. The monoisotopic (exact) mass is 232 g/mol. The van der Waals surface area contributed by atoms with Crippen LogP contribution in [0.1, 0.15) is 13.3 Å². The van der Waals surface area contributed by atoms with Crippen molar-refractivity contribution in [3.05, 3.63) is 29.8 Å². The minimum absolute atomic E-state index is 0.0541. The summed E-state index contributed by atoms with van der Waals surface area (Å²) < 4.78 is 25.7. The molecule has 0 saturated heterocycles.